The van der Waals surface area contributed by atoms with Crippen LogP contribution in [0.2, 0.25) is 5.02 Å². The van der Waals surface area contributed by atoms with Gasteiger partial charge in [-0.1, -0.05) is 22.9 Å². The van der Waals surface area contributed by atoms with Crippen molar-refractivity contribution in [1.29, 1.82) is 0 Å². The van der Waals surface area contributed by atoms with Crippen molar-refractivity contribution in [3.05, 3.63) is 46.2 Å². The minimum Gasteiger partial charge on any atom is -0.383 e. The molecule has 122 valence electrons. The van der Waals surface area contributed by atoms with Gasteiger partial charge in [0, 0.05) is 31.1 Å². The molecule has 6 heteroatoms. The lowest BCUT2D eigenvalue weighted by molar-refractivity contribution is -0.0706. The highest BCUT2D eigenvalue weighted by Gasteiger charge is 2.35. The molecule has 2 aromatic rings. The predicted octanol–water partition coefficient (Wildman–Crippen LogP) is 2.86. The summed E-state index contributed by atoms with van der Waals surface area (Å²) in [5, 5.41) is 20.1. The Balaban J connectivity index is 1.67. The number of ether oxygens (including phenoxy) is 1. The average molecular weight is 334 g/mol. The topological polar surface area (TPSA) is 60.2 Å². The summed E-state index contributed by atoms with van der Waals surface area (Å²) in [6.07, 6.45) is 6.24. The van der Waals surface area contributed by atoms with E-state index in [9.17, 15) is 5.11 Å². The fourth-order valence-electron chi connectivity index (χ4n) is 3.63. The predicted molar refractivity (Wildman–Crippen MR) is 86.5 cm³/mol. The first-order valence-electron chi connectivity index (χ1n) is 8.16. The normalized spacial score (nSPS) is 23.5. The summed E-state index contributed by atoms with van der Waals surface area (Å²) in [7, 11) is 0. The van der Waals surface area contributed by atoms with Crippen LogP contribution in [0.5, 0.6) is 0 Å². The van der Waals surface area contributed by atoms with E-state index in [1.807, 2.05) is 23.0 Å². The molecular weight excluding hydrogens is 314 g/mol. The van der Waals surface area contributed by atoms with Gasteiger partial charge in [0.2, 0.25) is 0 Å². The van der Waals surface area contributed by atoms with E-state index < -0.39 is 5.60 Å². The van der Waals surface area contributed by atoms with Crippen LogP contribution in [0.25, 0.3) is 0 Å². The molecular formula is C17H20ClN3O2. The number of aryl methyl sites for hydroxylation is 1. The number of rotatable bonds is 2. The highest BCUT2D eigenvalue weighted by molar-refractivity contribution is 6.30. The highest BCUT2D eigenvalue weighted by Crippen LogP contribution is 2.36. The fraction of sp³-hybridized carbons (Fsp3) is 0.529. The maximum absolute atomic E-state index is 10.8. The molecule has 0 bridgehead atoms. The van der Waals surface area contributed by atoms with Crippen molar-refractivity contribution in [3.8, 4) is 0 Å². The van der Waals surface area contributed by atoms with E-state index in [0.29, 0.717) is 31.7 Å². The smallest absolute Gasteiger partial charge is 0.114 e. The number of fused-ring (bicyclic) bond motifs is 1. The highest BCUT2D eigenvalue weighted by atomic mass is 35.5. The van der Waals surface area contributed by atoms with Gasteiger partial charge in [0.1, 0.15) is 11.3 Å². The number of aromatic nitrogens is 3. The van der Waals surface area contributed by atoms with Gasteiger partial charge in [0.05, 0.1) is 12.2 Å². The molecule has 0 unspecified atom stereocenters. The van der Waals surface area contributed by atoms with Gasteiger partial charge in [-0.3, -0.25) is 0 Å². The molecule has 0 radical (unpaired) electrons. The Morgan fingerprint density at radius 1 is 1.30 bits per heavy atom. The van der Waals surface area contributed by atoms with E-state index in [0.717, 1.165) is 24.3 Å². The van der Waals surface area contributed by atoms with E-state index in [1.165, 1.54) is 11.1 Å². The summed E-state index contributed by atoms with van der Waals surface area (Å²) in [5.41, 5.74) is 2.28. The van der Waals surface area contributed by atoms with E-state index in [1.54, 1.807) is 0 Å². The van der Waals surface area contributed by atoms with Gasteiger partial charge in [-0.25, -0.2) is 4.68 Å². The van der Waals surface area contributed by atoms with Gasteiger partial charge >= 0.3 is 0 Å². The Morgan fingerprint density at radius 2 is 2.13 bits per heavy atom. The van der Waals surface area contributed by atoms with Crippen LogP contribution in [0.15, 0.2) is 24.4 Å². The van der Waals surface area contributed by atoms with E-state index in [4.69, 9.17) is 16.3 Å². The van der Waals surface area contributed by atoms with Crippen LogP contribution < -0.4 is 0 Å². The second kappa shape index (κ2) is 5.89. The Morgan fingerprint density at radius 3 is 2.96 bits per heavy atom. The molecule has 0 spiro atoms. The van der Waals surface area contributed by atoms with Crippen molar-refractivity contribution in [2.45, 2.75) is 43.7 Å². The van der Waals surface area contributed by atoms with Gasteiger partial charge in [0.25, 0.3) is 0 Å². The number of halogens is 1. The van der Waals surface area contributed by atoms with Crippen LogP contribution in [0.4, 0.5) is 0 Å². The van der Waals surface area contributed by atoms with Crippen LogP contribution in [0, 0.1) is 0 Å². The SMILES string of the molecule is OC1(c2cn([C@@H]3CCCc4ccc(Cl)cc43)nn2)CCOCC1. The number of hydrogen-bond acceptors (Lipinski definition) is 4. The molecule has 1 aliphatic carbocycles. The van der Waals surface area contributed by atoms with Crippen LogP contribution in [0.1, 0.15) is 48.5 Å². The van der Waals surface area contributed by atoms with Gasteiger partial charge in [-0.05, 0) is 42.5 Å². The molecule has 0 amide bonds. The zero-order valence-corrected chi connectivity index (χ0v) is 13.7. The molecule has 23 heavy (non-hydrogen) atoms. The number of hydrogen-bond donors (Lipinski definition) is 1. The second-order valence-electron chi connectivity index (χ2n) is 6.48. The minimum absolute atomic E-state index is 0.141. The van der Waals surface area contributed by atoms with Crippen LogP contribution in [-0.4, -0.2) is 33.3 Å². The summed E-state index contributed by atoms with van der Waals surface area (Å²) in [6, 6.07) is 6.22. The van der Waals surface area contributed by atoms with E-state index in [2.05, 4.69) is 16.4 Å². The number of aliphatic hydroxyl groups is 1. The zero-order chi connectivity index (χ0) is 15.9. The first kappa shape index (κ1) is 15.1. The van der Waals surface area contributed by atoms with Crippen LogP contribution >= 0.6 is 11.6 Å². The molecule has 1 aromatic heterocycles. The first-order valence-corrected chi connectivity index (χ1v) is 8.54. The molecule has 5 nitrogen and oxygen atoms in total. The van der Waals surface area contributed by atoms with Crippen LogP contribution in [0.3, 0.4) is 0 Å². The first-order chi connectivity index (χ1) is 11.2. The maximum atomic E-state index is 10.8. The molecule has 0 saturated carbocycles. The van der Waals surface area contributed by atoms with Gasteiger partial charge in [0.15, 0.2) is 0 Å². The second-order valence-corrected chi connectivity index (χ2v) is 6.92. The zero-order valence-electron chi connectivity index (χ0n) is 12.9. The summed E-state index contributed by atoms with van der Waals surface area (Å²) in [5.74, 6) is 0. The Bertz CT molecular complexity index is 710. The van der Waals surface area contributed by atoms with Crippen molar-refractivity contribution in [2.24, 2.45) is 0 Å². The number of nitrogens with zero attached hydrogens (tertiary/aromatic N) is 3. The van der Waals surface area contributed by atoms with Crippen molar-refractivity contribution in [2.75, 3.05) is 13.2 Å². The molecule has 1 aliphatic heterocycles. The Hall–Kier alpha value is -1.43. The van der Waals surface area contributed by atoms with Crippen molar-refractivity contribution >= 4 is 11.6 Å². The fourth-order valence-corrected chi connectivity index (χ4v) is 3.81. The molecule has 1 fully saturated rings. The van der Waals surface area contributed by atoms with Crippen molar-refractivity contribution < 1.29 is 9.84 Å². The molecule has 1 atom stereocenters. The molecule has 1 N–H and O–H groups in total. The van der Waals surface area contributed by atoms with Gasteiger partial charge < -0.3 is 9.84 Å². The molecule has 1 aromatic carbocycles. The van der Waals surface area contributed by atoms with Gasteiger partial charge in [-0.15, -0.1) is 5.10 Å². The third kappa shape index (κ3) is 2.77. The minimum atomic E-state index is -0.914. The Labute approximate surface area is 140 Å². The van der Waals surface area contributed by atoms with E-state index in [-0.39, 0.29) is 6.04 Å². The summed E-state index contributed by atoms with van der Waals surface area (Å²) >= 11 is 6.18. The third-order valence-electron chi connectivity index (χ3n) is 5.02. The lowest BCUT2D eigenvalue weighted by Gasteiger charge is -2.30. The largest absolute Gasteiger partial charge is 0.383 e. The quantitative estimate of drug-likeness (QED) is 0.918. The average Bonchev–Trinajstić information content (AvgIpc) is 3.05. The standard InChI is InChI=1S/C17H20ClN3O2/c18-13-5-4-12-2-1-3-15(14(12)10-13)21-11-16(19-20-21)17(22)6-8-23-9-7-17/h4-5,10-11,15,22H,1-3,6-9H2/t15-/m1/s1. The molecule has 4 rings (SSSR count). The maximum Gasteiger partial charge on any atom is 0.114 e. The third-order valence-corrected chi connectivity index (χ3v) is 5.25. The summed E-state index contributed by atoms with van der Waals surface area (Å²) < 4.78 is 7.23. The molecule has 2 aliphatic rings. The molecule has 2 heterocycles. The van der Waals surface area contributed by atoms with E-state index >= 15 is 0 Å². The Kier molecular flexibility index (Phi) is 3.87. The lowest BCUT2D eigenvalue weighted by atomic mass is 9.87. The molecule has 1 saturated heterocycles. The van der Waals surface area contributed by atoms with Crippen molar-refractivity contribution in [1.82, 2.24) is 15.0 Å². The monoisotopic (exact) mass is 333 g/mol. The lowest BCUT2D eigenvalue weighted by Crippen LogP contribution is -2.33. The van der Waals surface area contributed by atoms with Gasteiger partial charge in [-0.2, -0.15) is 0 Å². The number of benzene rings is 1. The van der Waals surface area contributed by atoms with Crippen molar-refractivity contribution in [3.63, 3.8) is 0 Å². The van der Waals surface area contributed by atoms with Crippen LogP contribution in [-0.2, 0) is 16.8 Å². The summed E-state index contributed by atoms with van der Waals surface area (Å²) in [4.78, 5) is 0. The summed E-state index contributed by atoms with van der Waals surface area (Å²) in [6.45, 7) is 1.12.